The smallest absolute Gasteiger partial charge is 0.264 e. The molecule has 0 aliphatic carbocycles. The highest BCUT2D eigenvalue weighted by molar-refractivity contribution is 8.13. The van der Waals surface area contributed by atoms with Gasteiger partial charge in [0.2, 0.25) is 0 Å². The summed E-state index contributed by atoms with van der Waals surface area (Å²) < 4.78 is 29.2. The number of hydrogen-bond acceptors (Lipinski definition) is 3. The van der Waals surface area contributed by atoms with Crippen LogP contribution in [-0.4, -0.2) is 8.42 Å². The zero-order chi connectivity index (χ0) is 16.4. The number of rotatable bonds is 4. The first-order valence-corrected chi connectivity index (χ1v) is 9.46. The molecule has 0 spiro atoms. The van der Waals surface area contributed by atoms with Gasteiger partial charge in [0.15, 0.2) is 0 Å². The molecule has 0 aromatic heterocycles. The Bertz CT molecular complexity index is 946. The van der Waals surface area contributed by atoms with Crippen molar-refractivity contribution in [3.8, 4) is 5.75 Å². The molecule has 1 unspecified atom stereocenters. The third kappa shape index (κ3) is 3.33. The van der Waals surface area contributed by atoms with Gasteiger partial charge in [-0.2, -0.15) is 0 Å². The molecule has 0 aliphatic rings. The molecule has 1 atom stereocenters. The molecule has 0 saturated carbocycles. The second-order valence-corrected chi connectivity index (χ2v) is 7.75. The van der Waals surface area contributed by atoms with Gasteiger partial charge in [-0.25, -0.2) is 8.42 Å². The zero-order valence-corrected chi connectivity index (χ0v) is 14.0. The summed E-state index contributed by atoms with van der Waals surface area (Å²) in [6, 6.07) is 20.3. The quantitative estimate of drug-likeness (QED) is 0.630. The van der Waals surface area contributed by atoms with E-state index in [1.165, 1.54) is 6.07 Å². The summed E-state index contributed by atoms with van der Waals surface area (Å²) in [6.07, 6.45) is -0.319. The van der Waals surface area contributed by atoms with E-state index in [0.29, 0.717) is 0 Å². The van der Waals surface area contributed by atoms with Crippen molar-refractivity contribution in [2.75, 3.05) is 0 Å². The minimum Gasteiger partial charge on any atom is -0.485 e. The van der Waals surface area contributed by atoms with E-state index in [9.17, 15) is 8.42 Å². The second kappa shape index (κ2) is 6.22. The maximum atomic E-state index is 11.7. The Hall–Kier alpha value is -2.04. The van der Waals surface area contributed by atoms with Crippen molar-refractivity contribution in [2.24, 2.45) is 0 Å². The summed E-state index contributed by atoms with van der Waals surface area (Å²) in [7, 11) is 1.62. The van der Waals surface area contributed by atoms with Crippen LogP contribution < -0.4 is 4.74 Å². The highest BCUT2D eigenvalue weighted by Gasteiger charge is 2.19. The molecule has 0 N–H and O–H groups in total. The Labute approximate surface area is 139 Å². The monoisotopic (exact) mass is 346 g/mol. The Morgan fingerprint density at radius 1 is 0.913 bits per heavy atom. The number of para-hydroxylation sites is 1. The van der Waals surface area contributed by atoms with Crippen molar-refractivity contribution in [3.05, 3.63) is 72.3 Å². The molecule has 0 heterocycles. The van der Waals surface area contributed by atoms with Crippen LogP contribution >= 0.6 is 10.7 Å². The summed E-state index contributed by atoms with van der Waals surface area (Å²) in [4.78, 5) is -0.0197. The molecule has 23 heavy (non-hydrogen) atoms. The van der Waals surface area contributed by atoms with Crippen molar-refractivity contribution >= 4 is 30.5 Å². The number of ether oxygens (including phenoxy) is 1. The van der Waals surface area contributed by atoms with E-state index >= 15 is 0 Å². The van der Waals surface area contributed by atoms with E-state index in [4.69, 9.17) is 15.4 Å². The summed E-state index contributed by atoms with van der Waals surface area (Å²) in [5.41, 5.74) is 0.991. The van der Waals surface area contributed by atoms with E-state index in [0.717, 1.165) is 16.3 Å². The van der Waals surface area contributed by atoms with Crippen molar-refractivity contribution in [1.82, 2.24) is 0 Å². The van der Waals surface area contributed by atoms with Crippen LogP contribution in [0.3, 0.4) is 0 Å². The lowest BCUT2D eigenvalue weighted by molar-refractivity contribution is 0.222. The van der Waals surface area contributed by atoms with Gasteiger partial charge in [0.05, 0.1) is 0 Å². The maximum Gasteiger partial charge on any atom is 0.264 e. The van der Waals surface area contributed by atoms with Crippen LogP contribution in [-0.2, 0) is 9.05 Å². The Morgan fingerprint density at radius 2 is 1.57 bits per heavy atom. The number of hydrogen-bond donors (Lipinski definition) is 0. The molecule has 0 aliphatic heterocycles. The average Bonchev–Trinajstić information content (AvgIpc) is 2.54. The zero-order valence-electron chi connectivity index (χ0n) is 12.4. The first-order valence-electron chi connectivity index (χ1n) is 7.15. The number of halogens is 1. The van der Waals surface area contributed by atoms with Crippen LogP contribution in [0.5, 0.6) is 5.75 Å². The molecule has 3 rings (SSSR count). The lowest BCUT2D eigenvalue weighted by atomic mass is 10.0. The van der Waals surface area contributed by atoms with Gasteiger partial charge in [0.1, 0.15) is 16.7 Å². The SMILES string of the molecule is CC(Oc1ccccc1S(=O)(=O)Cl)c1cccc2ccccc12. The van der Waals surface area contributed by atoms with E-state index in [1.54, 1.807) is 18.2 Å². The molecule has 0 bridgehead atoms. The first kappa shape index (κ1) is 15.8. The molecule has 0 saturated heterocycles. The van der Waals surface area contributed by atoms with Gasteiger partial charge in [-0.15, -0.1) is 0 Å². The molecule has 5 heteroatoms. The van der Waals surface area contributed by atoms with Crippen LogP contribution in [0.1, 0.15) is 18.6 Å². The predicted molar refractivity (Wildman–Crippen MR) is 92.5 cm³/mol. The molecule has 3 nitrogen and oxygen atoms in total. The summed E-state index contributed by atoms with van der Waals surface area (Å²) in [5, 5.41) is 2.19. The highest BCUT2D eigenvalue weighted by atomic mass is 35.7. The predicted octanol–water partition coefficient (Wildman–Crippen LogP) is 4.91. The molecular formula is C18H15ClO3S. The van der Waals surface area contributed by atoms with Gasteiger partial charge in [-0.3, -0.25) is 0 Å². The largest absolute Gasteiger partial charge is 0.485 e. The highest BCUT2D eigenvalue weighted by Crippen LogP contribution is 2.32. The van der Waals surface area contributed by atoms with Gasteiger partial charge in [-0.1, -0.05) is 54.6 Å². The van der Waals surface area contributed by atoms with Gasteiger partial charge >= 0.3 is 0 Å². The fourth-order valence-corrected chi connectivity index (χ4v) is 3.59. The fraction of sp³-hybridized carbons (Fsp3) is 0.111. The van der Waals surface area contributed by atoms with Gasteiger partial charge in [0.25, 0.3) is 9.05 Å². The molecule has 0 amide bonds. The Morgan fingerprint density at radius 3 is 2.35 bits per heavy atom. The second-order valence-electron chi connectivity index (χ2n) is 5.21. The van der Waals surface area contributed by atoms with Crippen molar-refractivity contribution < 1.29 is 13.2 Å². The van der Waals surface area contributed by atoms with Crippen molar-refractivity contribution in [2.45, 2.75) is 17.9 Å². The molecule has 3 aromatic rings. The topological polar surface area (TPSA) is 43.4 Å². The number of benzene rings is 3. The normalized spacial score (nSPS) is 13.0. The standard InChI is InChI=1S/C18H15ClO3S/c1-13(15-10-6-8-14-7-2-3-9-16(14)15)22-17-11-4-5-12-18(17)23(19,20)21/h2-13H,1H3. The third-order valence-electron chi connectivity index (χ3n) is 3.68. The van der Waals surface area contributed by atoms with E-state index < -0.39 is 9.05 Å². The van der Waals surface area contributed by atoms with Crippen LogP contribution in [0.2, 0.25) is 0 Å². The molecule has 3 aromatic carbocycles. The molecule has 118 valence electrons. The third-order valence-corrected chi connectivity index (χ3v) is 5.04. The van der Waals surface area contributed by atoms with Crippen molar-refractivity contribution in [1.29, 1.82) is 0 Å². The van der Waals surface area contributed by atoms with E-state index in [1.807, 2.05) is 49.4 Å². The number of fused-ring (bicyclic) bond motifs is 1. The minimum atomic E-state index is -3.86. The van der Waals surface area contributed by atoms with Crippen LogP contribution in [0.25, 0.3) is 10.8 Å². The molecule has 0 radical (unpaired) electrons. The maximum absolute atomic E-state index is 11.7. The first-order chi connectivity index (χ1) is 11.0. The molecular weight excluding hydrogens is 332 g/mol. The summed E-state index contributed by atoms with van der Waals surface area (Å²) in [6.45, 7) is 1.89. The lowest BCUT2D eigenvalue weighted by Gasteiger charge is -2.18. The molecule has 0 fully saturated rings. The Balaban J connectivity index is 2.01. The minimum absolute atomic E-state index is 0.0197. The average molecular weight is 347 g/mol. The van der Waals surface area contributed by atoms with Gasteiger partial charge < -0.3 is 4.74 Å². The lowest BCUT2D eigenvalue weighted by Crippen LogP contribution is -2.06. The van der Waals surface area contributed by atoms with Crippen LogP contribution in [0.15, 0.2) is 71.6 Å². The summed E-state index contributed by atoms with van der Waals surface area (Å²) >= 11 is 0. The van der Waals surface area contributed by atoms with Crippen LogP contribution in [0.4, 0.5) is 0 Å². The van der Waals surface area contributed by atoms with Crippen LogP contribution in [0, 0.1) is 0 Å². The van der Waals surface area contributed by atoms with Gasteiger partial charge in [-0.05, 0) is 35.4 Å². The van der Waals surface area contributed by atoms with E-state index in [-0.39, 0.29) is 16.7 Å². The van der Waals surface area contributed by atoms with Crippen molar-refractivity contribution in [3.63, 3.8) is 0 Å². The van der Waals surface area contributed by atoms with E-state index in [2.05, 4.69) is 0 Å². The fourth-order valence-electron chi connectivity index (χ4n) is 2.61. The summed E-state index contributed by atoms with van der Waals surface area (Å²) in [5.74, 6) is 0.253. The van der Waals surface area contributed by atoms with Gasteiger partial charge in [0, 0.05) is 10.7 Å². The Kier molecular flexibility index (Phi) is 4.28.